The molecule has 0 atom stereocenters. The Morgan fingerprint density at radius 2 is 1.95 bits per heavy atom. The Labute approximate surface area is 128 Å². The van der Waals surface area contributed by atoms with Crippen molar-refractivity contribution in [3.8, 4) is 11.5 Å². The molecule has 2 N–H and O–H groups in total. The Hall–Kier alpha value is -1.78. The molecule has 0 amide bonds. The number of rotatable bonds is 6. The molecule has 2 aromatic carbocycles. The van der Waals surface area contributed by atoms with Crippen molar-refractivity contribution in [2.24, 2.45) is 5.73 Å². The van der Waals surface area contributed by atoms with Crippen molar-refractivity contribution in [1.29, 1.82) is 0 Å². The van der Waals surface area contributed by atoms with Crippen LogP contribution in [0.25, 0.3) is 0 Å². The molecule has 0 unspecified atom stereocenters. The lowest BCUT2D eigenvalue weighted by Gasteiger charge is -2.13. The third kappa shape index (κ3) is 3.86. The monoisotopic (exact) mass is 309 g/mol. The van der Waals surface area contributed by atoms with Gasteiger partial charge in [0.25, 0.3) is 0 Å². The second kappa shape index (κ2) is 7.29. The first-order chi connectivity index (χ1) is 10.2. The fourth-order valence-corrected chi connectivity index (χ4v) is 2.08. The highest BCUT2D eigenvalue weighted by atomic mass is 35.5. The predicted molar refractivity (Wildman–Crippen MR) is 81.2 cm³/mol. The molecule has 0 saturated carbocycles. The summed E-state index contributed by atoms with van der Waals surface area (Å²) in [7, 11) is 0. The average Bonchev–Trinajstić information content (AvgIpc) is 2.50. The van der Waals surface area contributed by atoms with Crippen LogP contribution in [0, 0.1) is 5.82 Å². The van der Waals surface area contributed by atoms with E-state index in [1.807, 2.05) is 19.1 Å². The van der Waals surface area contributed by atoms with Crippen LogP contribution in [0.3, 0.4) is 0 Å². The van der Waals surface area contributed by atoms with Crippen LogP contribution >= 0.6 is 11.6 Å². The van der Waals surface area contributed by atoms with E-state index in [0.717, 1.165) is 5.56 Å². The molecule has 0 bridgehead atoms. The predicted octanol–water partition coefficient (Wildman–Crippen LogP) is 3.92. The van der Waals surface area contributed by atoms with Gasteiger partial charge in [0, 0.05) is 12.1 Å². The topological polar surface area (TPSA) is 44.5 Å². The van der Waals surface area contributed by atoms with E-state index >= 15 is 0 Å². The van der Waals surface area contributed by atoms with Crippen LogP contribution in [0.5, 0.6) is 11.5 Å². The zero-order chi connectivity index (χ0) is 15.2. The Balaban J connectivity index is 2.17. The van der Waals surface area contributed by atoms with Crippen molar-refractivity contribution in [2.45, 2.75) is 20.1 Å². The molecule has 0 radical (unpaired) electrons. The van der Waals surface area contributed by atoms with Gasteiger partial charge in [-0.25, -0.2) is 4.39 Å². The van der Waals surface area contributed by atoms with Crippen LogP contribution in [-0.2, 0) is 13.2 Å². The number of ether oxygens (including phenoxy) is 2. The summed E-state index contributed by atoms with van der Waals surface area (Å²) in [5, 5.41) is 0.0830. The minimum absolute atomic E-state index is 0.0778. The maximum atomic E-state index is 13.8. The molecule has 3 nitrogen and oxygen atoms in total. The lowest BCUT2D eigenvalue weighted by Crippen LogP contribution is -2.03. The molecule has 2 rings (SSSR count). The standard InChI is InChI=1S/C16H17ClFNO2/c1-2-20-15-8-11(9-19)6-7-14(15)21-10-12-4-3-5-13(17)16(12)18/h3-8H,2,9-10,19H2,1H3. The van der Waals surface area contributed by atoms with Gasteiger partial charge in [0.15, 0.2) is 11.5 Å². The van der Waals surface area contributed by atoms with Crippen molar-refractivity contribution >= 4 is 11.6 Å². The van der Waals surface area contributed by atoms with E-state index in [9.17, 15) is 4.39 Å². The van der Waals surface area contributed by atoms with Gasteiger partial charge in [0.1, 0.15) is 12.4 Å². The molecule has 0 aromatic heterocycles. The van der Waals surface area contributed by atoms with Gasteiger partial charge in [0.2, 0.25) is 0 Å². The molecule has 0 aliphatic rings. The highest BCUT2D eigenvalue weighted by Gasteiger charge is 2.10. The van der Waals surface area contributed by atoms with Gasteiger partial charge in [-0.1, -0.05) is 29.8 Å². The molecular weight excluding hydrogens is 293 g/mol. The van der Waals surface area contributed by atoms with Crippen LogP contribution in [0.2, 0.25) is 5.02 Å². The number of benzene rings is 2. The fourth-order valence-electron chi connectivity index (χ4n) is 1.88. The maximum Gasteiger partial charge on any atom is 0.161 e. The molecule has 0 aliphatic heterocycles. The normalized spacial score (nSPS) is 10.5. The van der Waals surface area contributed by atoms with Crippen molar-refractivity contribution in [1.82, 2.24) is 0 Å². The first-order valence-corrected chi connectivity index (χ1v) is 7.05. The van der Waals surface area contributed by atoms with Gasteiger partial charge in [0.05, 0.1) is 11.6 Å². The minimum atomic E-state index is -0.462. The summed E-state index contributed by atoms with van der Waals surface area (Å²) in [5.41, 5.74) is 6.95. The van der Waals surface area contributed by atoms with Crippen molar-refractivity contribution in [3.05, 3.63) is 58.4 Å². The zero-order valence-electron chi connectivity index (χ0n) is 11.7. The van der Waals surface area contributed by atoms with Crippen LogP contribution in [0.1, 0.15) is 18.1 Å². The van der Waals surface area contributed by atoms with Crippen molar-refractivity contribution in [2.75, 3.05) is 6.61 Å². The van der Waals surface area contributed by atoms with Gasteiger partial charge in [-0.2, -0.15) is 0 Å². The highest BCUT2D eigenvalue weighted by molar-refractivity contribution is 6.30. The summed E-state index contributed by atoms with van der Waals surface area (Å²) < 4.78 is 25.0. The highest BCUT2D eigenvalue weighted by Crippen LogP contribution is 2.29. The number of hydrogen-bond acceptors (Lipinski definition) is 3. The number of hydrogen-bond donors (Lipinski definition) is 1. The molecular formula is C16H17ClFNO2. The van der Waals surface area contributed by atoms with Crippen LogP contribution in [0.4, 0.5) is 4.39 Å². The smallest absolute Gasteiger partial charge is 0.161 e. The molecule has 0 saturated heterocycles. The van der Waals surface area contributed by atoms with E-state index < -0.39 is 5.82 Å². The molecule has 0 heterocycles. The van der Waals surface area contributed by atoms with Crippen LogP contribution in [-0.4, -0.2) is 6.61 Å². The van der Waals surface area contributed by atoms with Crippen molar-refractivity contribution in [3.63, 3.8) is 0 Å². The van der Waals surface area contributed by atoms with Gasteiger partial charge in [-0.3, -0.25) is 0 Å². The van der Waals surface area contributed by atoms with Gasteiger partial charge >= 0.3 is 0 Å². The van der Waals surface area contributed by atoms with E-state index in [0.29, 0.717) is 30.2 Å². The van der Waals surface area contributed by atoms with E-state index in [1.54, 1.807) is 18.2 Å². The fraction of sp³-hybridized carbons (Fsp3) is 0.250. The van der Waals surface area contributed by atoms with Gasteiger partial charge in [-0.05, 0) is 30.7 Å². The van der Waals surface area contributed by atoms with Gasteiger partial charge < -0.3 is 15.2 Å². The Morgan fingerprint density at radius 3 is 2.67 bits per heavy atom. The third-order valence-electron chi connectivity index (χ3n) is 2.96. The Morgan fingerprint density at radius 1 is 1.14 bits per heavy atom. The van der Waals surface area contributed by atoms with Crippen LogP contribution in [0.15, 0.2) is 36.4 Å². The lowest BCUT2D eigenvalue weighted by atomic mass is 10.2. The van der Waals surface area contributed by atoms with E-state index in [-0.39, 0.29) is 11.6 Å². The summed E-state index contributed by atoms with van der Waals surface area (Å²) in [4.78, 5) is 0. The quantitative estimate of drug-likeness (QED) is 0.879. The van der Waals surface area contributed by atoms with E-state index in [4.69, 9.17) is 26.8 Å². The molecule has 5 heteroatoms. The maximum absolute atomic E-state index is 13.8. The second-order valence-corrected chi connectivity index (χ2v) is 4.83. The number of nitrogens with two attached hydrogens (primary N) is 1. The number of halogens is 2. The first-order valence-electron chi connectivity index (χ1n) is 6.67. The molecule has 0 fully saturated rings. The SMILES string of the molecule is CCOc1cc(CN)ccc1OCc1cccc(Cl)c1F. The summed E-state index contributed by atoms with van der Waals surface area (Å²) in [6, 6.07) is 10.3. The zero-order valence-corrected chi connectivity index (χ0v) is 12.5. The van der Waals surface area contributed by atoms with E-state index in [2.05, 4.69) is 0 Å². The average molecular weight is 310 g/mol. The Kier molecular flexibility index (Phi) is 5.42. The largest absolute Gasteiger partial charge is 0.490 e. The molecule has 0 aliphatic carbocycles. The van der Waals surface area contributed by atoms with Crippen LogP contribution < -0.4 is 15.2 Å². The van der Waals surface area contributed by atoms with Gasteiger partial charge in [-0.15, -0.1) is 0 Å². The molecule has 0 spiro atoms. The van der Waals surface area contributed by atoms with Crippen molar-refractivity contribution < 1.29 is 13.9 Å². The minimum Gasteiger partial charge on any atom is -0.490 e. The Bertz CT molecular complexity index is 619. The second-order valence-electron chi connectivity index (χ2n) is 4.42. The first kappa shape index (κ1) is 15.6. The summed E-state index contributed by atoms with van der Waals surface area (Å²) in [5.74, 6) is 0.687. The molecule has 21 heavy (non-hydrogen) atoms. The summed E-state index contributed by atoms with van der Waals surface area (Å²) in [6.07, 6.45) is 0. The summed E-state index contributed by atoms with van der Waals surface area (Å²) >= 11 is 5.75. The lowest BCUT2D eigenvalue weighted by molar-refractivity contribution is 0.265. The molecule has 112 valence electrons. The summed E-state index contributed by atoms with van der Waals surface area (Å²) in [6.45, 7) is 2.89. The molecule has 2 aromatic rings. The third-order valence-corrected chi connectivity index (χ3v) is 3.25. The van der Waals surface area contributed by atoms with E-state index in [1.165, 1.54) is 6.07 Å².